The van der Waals surface area contributed by atoms with E-state index in [2.05, 4.69) is 20.6 Å². The van der Waals surface area contributed by atoms with Crippen molar-refractivity contribution in [1.29, 1.82) is 0 Å². The zero-order valence-electron chi connectivity index (χ0n) is 10.3. The Morgan fingerprint density at radius 1 is 1.25 bits per heavy atom. The highest BCUT2D eigenvalue weighted by Crippen LogP contribution is 2.35. The van der Waals surface area contributed by atoms with E-state index in [1.807, 2.05) is 0 Å². The molecule has 0 saturated carbocycles. The number of nitrogens with two attached hydrogens (primary N) is 1. The van der Waals surface area contributed by atoms with Crippen LogP contribution in [0.4, 0.5) is 5.69 Å². The Hall–Kier alpha value is -2.12. The second-order valence-electron chi connectivity index (χ2n) is 4.13. The average molecular weight is 310 g/mol. The zero-order valence-corrected chi connectivity index (χ0v) is 11.8. The van der Waals surface area contributed by atoms with Crippen LogP contribution in [0.3, 0.4) is 0 Å². The molecular formula is C11H9Cl2N7. The van der Waals surface area contributed by atoms with Crippen molar-refractivity contribution in [2.75, 3.05) is 5.73 Å². The van der Waals surface area contributed by atoms with Gasteiger partial charge in [0, 0.05) is 30.6 Å². The highest BCUT2D eigenvalue weighted by Gasteiger charge is 2.17. The number of hydrogen-bond acceptors (Lipinski definition) is 5. The molecular weight excluding hydrogens is 301 g/mol. The van der Waals surface area contributed by atoms with Gasteiger partial charge < -0.3 is 5.73 Å². The lowest BCUT2D eigenvalue weighted by atomic mass is 10.2. The number of benzene rings is 1. The predicted molar refractivity (Wildman–Crippen MR) is 75.8 cm³/mol. The van der Waals surface area contributed by atoms with Crippen molar-refractivity contribution >= 4 is 28.9 Å². The quantitative estimate of drug-likeness (QED) is 0.731. The second-order valence-corrected chi connectivity index (χ2v) is 4.91. The fraction of sp³-hybridized carbons (Fsp3) is 0.0909. The van der Waals surface area contributed by atoms with Gasteiger partial charge in [-0.25, -0.2) is 0 Å². The molecule has 9 heteroatoms. The first kappa shape index (κ1) is 12.9. The van der Waals surface area contributed by atoms with Crippen LogP contribution in [0.1, 0.15) is 0 Å². The summed E-state index contributed by atoms with van der Waals surface area (Å²) in [6.07, 6.45) is 1.79. The molecule has 2 heterocycles. The number of nitrogen functional groups attached to an aromatic ring is 1. The maximum Gasteiger partial charge on any atom is 0.190 e. The van der Waals surface area contributed by atoms with Gasteiger partial charge in [0.05, 0.1) is 10.0 Å². The highest BCUT2D eigenvalue weighted by molar-refractivity contribution is 6.43. The molecule has 3 rings (SSSR count). The molecule has 102 valence electrons. The standard InChI is InChI=1S/C11H9Cl2N7/c1-19-3-2-9(16-19)20-11(15-17-18-20)7-4-6(14)5-8(12)10(7)13/h2-5H,14H2,1H3. The van der Waals surface area contributed by atoms with Crippen molar-refractivity contribution < 1.29 is 0 Å². The van der Waals surface area contributed by atoms with Crippen LogP contribution in [0.15, 0.2) is 24.4 Å². The Morgan fingerprint density at radius 3 is 2.75 bits per heavy atom. The van der Waals surface area contributed by atoms with Gasteiger partial charge in [-0.15, -0.1) is 5.10 Å². The molecule has 0 saturated heterocycles. The molecule has 2 N–H and O–H groups in total. The third kappa shape index (κ3) is 2.10. The molecule has 0 fully saturated rings. The number of tetrazole rings is 1. The molecule has 7 nitrogen and oxygen atoms in total. The SMILES string of the molecule is Cn1ccc(-n2nnnc2-c2cc(N)cc(Cl)c2Cl)n1. The van der Waals surface area contributed by atoms with Crippen molar-refractivity contribution in [3.8, 4) is 17.2 Å². The normalized spacial score (nSPS) is 10.9. The third-order valence-corrected chi connectivity index (χ3v) is 3.48. The van der Waals surface area contributed by atoms with Gasteiger partial charge in [0.2, 0.25) is 0 Å². The lowest BCUT2D eigenvalue weighted by Crippen LogP contribution is -2.02. The van der Waals surface area contributed by atoms with E-state index in [-0.39, 0.29) is 0 Å². The fourth-order valence-corrected chi connectivity index (χ4v) is 2.22. The number of nitrogens with zero attached hydrogens (tertiary/aromatic N) is 6. The molecule has 0 unspecified atom stereocenters. The van der Waals surface area contributed by atoms with Crippen molar-refractivity contribution in [2.45, 2.75) is 0 Å². The summed E-state index contributed by atoms with van der Waals surface area (Å²) >= 11 is 12.2. The molecule has 20 heavy (non-hydrogen) atoms. The molecule has 0 radical (unpaired) electrons. The first-order valence-corrected chi connectivity index (χ1v) is 6.35. The summed E-state index contributed by atoms with van der Waals surface area (Å²) in [6.45, 7) is 0. The van der Waals surface area contributed by atoms with E-state index in [4.69, 9.17) is 28.9 Å². The highest BCUT2D eigenvalue weighted by atomic mass is 35.5. The molecule has 0 atom stereocenters. The van der Waals surface area contributed by atoms with Crippen LogP contribution in [0.2, 0.25) is 10.0 Å². The molecule has 0 spiro atoms. The minimum absolute atomic E-state index is 0.341. The van der Waals surface area contributed by atoms with Crippen molar-refractivity contribution in [3.63, 3.8) is 0 Å². The van der Waals surface area contributed by atoms with E-state index >= 15 is 0 Å². The van der Waals surface area contributed by atoms with Crippen LogP contribution in [-0.4, -0.2) is 30.0 Å². The molecule has 0 aliphatic heterocycles. The lowest BCUT2D eigenvalue weighted by Gasteiger charge is -2.06. The second kappa shape index (κ2) is 4.77. The number of hydrogen-bond donors (Lipinski definition) is 1. The number of anilines is 1. The van der Waals surface area contributed by atoms with Crippen LogP contribution in [0.25, 0.3) is 17.2 Å². The number of rotatable bonds is 2. The molecule has 0 amide bonds. The third-order valence-electron chi connectivity index (χ3n) is 2.68. The maximum atomic E-state index is 6.20. The van der Waals surface area contributed by atoms with Gasteiger partial charge in [-0.1, -0.05) is 23.2 Å². The zero-order chi connectivity index (χ0) is 14.3. The maximum absolute atomic E-state index is 6.20. The minimum Gasteiger partial charge on any atom is -0.399 e. The minimum atomic E-state index is 0.341. The van der Waals surface area contributed by atoms with Crippen molar-refractivity contribution in [3.05, 3.63) is 34.4 Å². The Bertz CT molecular complexity index is 777. The first-order chi connectivity index (χ1) is 9.56. The van der Waals surface area contributed by atoms with E-state index in [0.29, 0.717) is 32.9 Å². The van der Waals surface area contributed by atoms with E-state index in [9.17, 15) is 0 Å². The summed E-state index contributed by atoms with van der Waals surface area (Å²) in [5.74, 6) is 0.991. The van der Waals surface area contributed by atoms with Crippen LogP contribution in [0.5, 0.6) is 0 Å². The summed E-state index contributed by atoms with van der Waals surface area (Å²) in [4.78, 5) is 0. The van der Waals surface area contributed by atoms with E-state index in [0.717, 1.165) is 0 Å². The smallest absolute Gasteiger partial charge is 0.190 e. The van der Waals surface area contributed by atoms with Crippen LogP contribution in [0, 0.1) is 0 Å². The number of halogens is 2. The Morgan fingerprint density at radius 2 is 2.05 bits per heavy atom. The molecule has 0 aliphatic rings. The van der Waals surface area contributed by atoms with E-state index < -0.39 is 0 Å². The Labute approximate surface area is 123 Å². The molecule has 0 bridgehead atoms. The van der Waals surface area contributed by atoms with Gasteiger partial charge in [0.25, 0.3) is 0 Å². The number of aromatic nitrogens is 6. The van der Waals surface area contributed by atoms with Crippen LogP contribution in [-0.2, 0) is 7.05 Å². The monoisotopic (exact) mass is 309 g/mol. The van der Waals surface area contributed by atoms with Gasteiger partial charge in [-0.2, -0.15) is 9.78 Å². The van der Waals surface area contributed by atoms with E-state index in [1.165, 1.54) is 4.68 Å². The van der Waals surface area contributed by atoms with Gasteiger partial charge in [0.1, 0.15) is 0 Å². The predicted octanol–water partition coefficient (Wildman–Crippen LogP) is 1.95. The lowest BCUT2D eigenvalue weighted by molar-refractivity contribution is 0.715. The van der Waals surface area contributed by atoms with Gasteiger partial charge in [-0.3, -0.25) is 4.68 Å². The van der Waals surface area contributed by atoms with Gasteiger partial charge in [-0.05, 0) is 22.6 Å². The largest absolute Gasteiger partial charge is 0.399 e. The van der Waals surface area contributed by atoms with Crippen LogP contribution >= 0.6 is 23.2 Å². The summed E-state index contributed by atoms with van der Waals surface area (Å²) in [5.41, 5.74) is 6.81. The molecule has 1 aromatic carbocycles. The van der Waals surface area contributed by atoms with Crippen LogP contribution < -0.4 is 5.73 Å². The summed E-state index contributed by atoms with van der Waals surface area (Å²) in [5, 5.41) is 16.5. The summed E-state index contributed by atoms with van der Waals surface area (Å²) in [7, 11) is 1.80. The summed E-state index contributed by atoms with van der Waals surface area (Å²) in [6, 6.07) is 5.02. The first-order valence-electron chi connectivity index (χ1n) is 5.59. The fourth-order valence-electron chi connectivity index (χ4n) is 1.80. The molecule has 0 aliphatic carbocycles. The average Bonchev–Trinajstić information content (AvgIpc) is 3.01. The summed E-state index contributed by atoms with van der Waals surface area (Å²) < 4.78 is 3.12. The topological polar surface area (TPSA) is 87.4 Å². The van der Waals surface area contributed by atoms with Crippen molar-refractivity contribution in [1.82, 2.24) is 30.0 Å². The van der Waals surface area contributed by atoms with Gasteiger partial charge >= 0.3 is 0 Å². The van der Waals surface area contributed by atoms with Crippen molar-refractivity contribution in [2.24, 2.45) is 7.05 Å². The number of aryl methyl sites for hydroxylation is 1. The Kier molecular flexibility index (Phi) is 3.07. The molecule has 3 aromatic rings. The van der Waals surface area contributed by atoms with Gasteiger partial charge in [0.15, 0.2) is 11.6 Å². The molecule has 2 aromatic heterocycles. The van der Waals surface area contributed by atoms with E-state index in [1.54, 1.807) is 36.1 Å². The Balaban J connectivity index is 2.20.